The summed E-state index contributed by atoms with van der Waals surface area (Å²) in [5.41, 5.74) is 2.03. The Morgan fingerprint density at radius 1 is 0.773 bits per heavy atom. The number of benzene rings is 1. The van der Waals surface area contributed by atoms with E-state index in [0.29, 0.717) is 75.5 Å². The van der Waals surface area contributed by atoms with Crippen molar-refractivity contribution in [2.24, 2.45) is 11.8 Å². The SMILES string of the molecule is C=C1C[C@@H](OC(=O)c2ccccc2)CC[C@@]23CC4O[C@H]5[C@@H](O2)[C@H]2O[C@H](CC[C@@H]2O[C@H]5[C@H]4O3)CC(=O)C[C@H]2C(C[C@H]3O[C@@H](CC[C@H]1O)C[C@@H](C)C3=C)OC(C[C@@H](CO[Si](C)(C)C(C)(C)C)O[Si](C)(C)C(C)(C)C)[C@@H]2OC. The highest BCUT2D eigenvalue weighted by Crippen LogP contribution is 2.54. The van der Waals surface area contributed by atoms with Crippen molar-refractivity contribution >= 4 is 28.4 Å². The quantitative estimate of drug-likeness (QED) is 0.134. The van der Waals surface area contributed by atoms with Crippen LogP contribution < -0.4 is 0 Å². The normalized spacial score (nSPS) is 40.4. The van der Waals surface area contributed by atoms with Crippen molar-refractivity contribution < 1.29 is 66.2 Å². The first-order valence-electron chi connectivity index (χ1n) is 28.5. The highest BCUT2D eigenvalue weighted by atomic mass is 28.4. The molecule has 9 aliphatic heterocycles. The number of ketones is 1. The molecule has 9 fully saturated rings. The maximum Gasteiger partial charge on any atom is 0.338 e. The number of fused-ring (bicyclic) bond motifs is 4. The van der Waals surface area contributed by atoms with Crippen molar-refractivity contribution in [3.8, 4) is 0 Å². The molecular weight excluding hydrogens is 989 g/mol. The predicted octanol–water partition coefficient (Wildman–Crippen LogP) is 10.3. The summed E-state index contributed by atoms with van der Waals surface area (Å²) >= 11 is 0. The molecule has 10 bridgehead atoms. The lowest BCUT2D eigenvalue weighted by Crippen LogP contribution is -2.61. The van der Waals surface area contributed by atoms with Gasteiger partial charge in [0.1, 0.15) is 42.4 Å². The zero-order chi connectivity index (χ0) is 54.0. The van der Waals surface area contributed by atoms with E-state index >= 15 is 0 Å². The van der Waals surface area contributed by atoms with E-state index in [1.165, 1.54) is 0 Å². The Balaban J connectivity index is 1.00. The van der Waals surface area contributed by atoms with Gasteiger partial charge in [-0.1, -0.05) is 79.8 Å². The van der Waals surface area contributed by atoms with Crippen LogP contribution in [0.4, 0.5) is 0 Å². The lowest BCUT2D eigenvalue weighted by molar-refractivity contribution is -0.292. The van der Waals surface area contributed by atoms with Crippen molar-refractivity contribution in [2.45, 2.75) is 272 Å². The molecular formula is C59H92O14Si2. The zero-order valence-electron chi connectivity index (χ0n) is 47.3. The summed E-state index contributed by atoms with van der Waals surface area (Å²) in [5, 5.41) is 11.8. The summed E-state index contributed by atoms with van der Waals surface area (Å²) in [6, 6.07) is 8.96. The topological polar surface area (TPSA) is 156 Å². The maximum atomic E-state index is 14.8. The third-order valence-electron chi connectivity index (χ3n) is 19.4. The minimum absolute atomic E-state index is 0.0201. The molecule has 75 heavy (non-hydrogen) atoms. The molecule has 9 heterocycles. The molecule has 0 aliphatic carbocycles. The van der Waals surface area contributed by atoms with Crippen molar-refractivity contribution in [3.63, 3.8) is 0 Å². The van der Waals surface area contributed by atoms with Crippen LogP contribution in [-0.4, -0.2) is 151 Å². The fourth-order valence-electron chi connectivity index (χ4n) is 12.8. The van der Waals surface area contributed by atoms with E-state index in [1.54, 1.807) is 19.2 Å². The number of Topliss-reactive ketones (excluding diaryl/α,β-unsaturated/α-hetero) is 1. The molecule has 0 saturated carbocycles. The molecule has 1 aromatic rings. The molecule has 0 aromatic heterocycles. The van der Waals surface area contributed by atoms with Gasteiger partial charge in [0.25, 0.3) is 0 Å². The van der Waals surface area contributed by atoms with E-state index in [4.69, 9.17) is 51.5 Å². The van der Waals surface area contributed by atoms with E-state index in [0.717, 1.165) is 12.0 Å². The highest BCUT2D eigenvalue weighted by Gasteiger charge is 2.69. The van der Waals surface area contributed by atoms with Gasteiger partial charge in [-0.15, -0.1) is 0 Å². The van der Waals surface area contributed by atoms with Gasteiger partial charge in [-0.05, 0) is 104 Å². The fraction of sp³-hybridized carbons (Fsp3) is 0.797. The number of hydrogen-bond donors (Lipinski definition) is 1. The van der Waals surface area contributed by atoms with Crippen LogP contribution in [0.25, 0.3) is 0 Å². The van der Waals surface area contributed by atoms with E-state index < -0.39 is 58.9 Å². The second-order valence-electron chi connectivity index (χ2n) is 26.8. The largest absolute Gasteiger partial charge is 0.458 e. The molecule has 1 aromatic carbocycles. The molecule has 1 spiro atoms. The van der Waals surface area contributed by atoms with E-state index in [9.17, 15) is 14.7 Å². The summed E-state index contributed by atoms with van der Waals surface area (Å²) in [6.45, 7) is 34.3. The van der Waals surface area contributed by atoms with Crippen molar-refractivity contribution in [1.82, 2.24) is 0 Å². The third kappa shape index (κ3) is 12.4. The Morgan fingerprint density at radius 2 is 1.45 bits per heavy atom. The Morgan fingerprint density at radius 3 is 2.16 bits per heavy atom. The second kappa shape index (κ2) is 22.4. The smallest absolute Gasteiger partial charge is 0.338 e. The first-order chi connectivity index (χ1) is 35.2. The lowest BCUT2D eigenvalue weighted by Gasteiger charge is -2.47. The average molecular weight is 1080 g/mol. The first-order valence-corrected chi connectivity index (χ1v) is 34.3. The second-order valence-corrected chi connectivity index (χ2v) is 36.3. The maximum absolute atomic E-state index is 14.8. The van der Waals surface area contributed by atoms with Crippen LogP contribution in [0.1, 0.15) is 142 Å². The standard InChI is InChI=1S/C59H92O14Si2/c1-34-26-39-20-22-44(61)35(2)27-41(67-56(62)37-18-16-15-17-19-37)24-25-59-32-49-52(71-59)53-54(70-49)55(72-59)51-45(69-53)23-21-40(66-51)28-38(60)29-43-47(31-46(65-39)36(34)3)68-48(50(43)63-10)30-42(73-75(13,14)58(7,8)9)33-64-74(11,12)57(4,5)6/h15-19,34,39-55,61H,2-3,20-33H2,1,4-14H3/t34-,39+,40-,41+,42+,43+,44-,45+,46-,47?,48?,49?,50-,51+,52+,53+,54-,55+,59+/m1/s1. The molecule has 3 unspecified atom stereocenters. The minimum atomic E-state index is -2.28. The summed E-state index contributed by atoms with van der Waals surface area (Å²) in [5.74, 6) is -1.52. The number of aliphatic hydroxyl groups is 1. The van der Waals surface area contributed by atoms with Gasteiger partial charge in [0.2, 0.25) is 0 Å². The molecule has 0 amide bonds. The van der Waals surface area contributed by atoms with Crippen molar-refractivity contribution in [3.05, 3.63) is 60.2 Å². The Labute approximate surface area is 450 Å². The Kier molecular flexibility index (Phi) is 17.2. The summed E-state index contributed by atoms with van der Waals surface area (Å²) in [4.78, 5) is 28.4. The molecule has 0 radical (unpaired) electrons. The first kappa shape index (κ1) is 57.5. The van der Waals surface area contributed by atoms with Crippen LogP contribution >= 0.6 is 0 Å². The molecule has 9 aliphatic rings. The summed E-state index contributed by atoms with van der Waals surface area (Å²) < 4.78 is 75.6. The van der Waals surface area contributed by atoms with Crippen molar-refractivity contribution in [1.29, 1.82) is 0 Å². The number of esters is 1. The lowest BCUT2D eigenvalue weighted by atomic mass is 9.81. The Hall–Kier alpha value is -2.17. The molecule has 16 heteroatoms. The number of carbonyl (C=O) groups is 2. The van der Waals surface area contributed by atoms with E-state index in [-0.39, 0.29) is 114 Å². The van der Waals surface area contributed by atoms with Crippen LogP contribution in [0.3, 0.4) is 0 Å². The molecule has 1 N–H and O–H groups in total. The van der Waals surface area contributed by atoms with E-state index in [1.807, 2.05) is 18.2 Å². The van der Waals surface area contributed by atoms with Gasteiger partial charge in [-0.2, -0.15) is 0 Å². The zero-order valence-corrected chi connectivity index (χ0v) is 49.3. The molecule has 10 rings (SSSR count). The number of carbonyl (C=O) groups excluding carboxylic acids is 2. The van der Waals surface area contributed by atoms with Gasteiger partial charge in [0.15, 0.2) is 22.4 Å². The van der Waals surface area contributed by atoms with Gasteiger partial charge < -0.3 is 56.6 Å². The van der Waals surface area contributed by atoms with Crippen LogP contribution in [0.2, 0.25) is 36.3 Å². The Bertz CT molecular complexity index is 2190. The van der Waals surface area contributed by atoms with Gasteiger partial charge in [0.05, 0.1) is 73.2 Å². The fourth-order valence-corrected chi connectivity index (χ4v) is 15.2. The van der Waals surface area contributed by atoms with Crippen LogP contribution in [0.15, 0.2) is 54.6 Å². The van der Waals surface area contributed by atoms with Crippen molar-refractivity contribution in [2.75, 3.05) is 13.7 Å². The highest BCUT2D eigenvalue weighted by molar-refractivity contribution is 6.74. The molecule has 420 valence electrons. The summed E-state index contributed by atoms with van der Waals surface area (Å²) in [6.07, 6.45) is 0.0300. The average Bonchev–Trinajstić information content (AvgIpc) is 3.90. The van der Waals surface area contributed by atoms with Gasteiger partial charge in [-0.25, -0.2) is 4.79 Å². The minimum Gasteiger partial charge on any atom is -0.458 e. The summed E-state index contributed by atoms with van der Waals surface area (Å²) in [7, 11) is -2.69. The number of hydrogen-bond acceptors (Lipinski definition) is 14. The molecule has 14 nitrogen and oxygen atoms in total. The molecule has 19 atom stereocenters. The number of ether oxygens (including phenoxy) is 9. The number of rotatable bonds is 10. The molecule has 9 saturated heterocycles. The van der Waals surface area contributed by atoms with Crippen LogP contribution in [-0.2, 0) is 56.3 Å². The van der Waals surface area contributed by atoms with Gasteiger partial charge in [-0.3, -0.25) is 4.79 Å². The number of aliphatic hydroxyl groups excluding tert-OH is 1. The predicted molar refractivity (Wildman–Crippen MR) is 289 cm³/mol. The third-order valence-corrected chi connectivity index (χ3v) is 28.4. The van der Waals surface area contributed by atoms with Gasteiger partial charge >= 0.3 is 5.97 Å². The van der Waals surface area contributed by atoms with Crippen LogP contribution in [0.5, 0.6) is 0 Å². The monoisotopic (exact) mass is 1080 g/mol. The van der Waals surface area contributed by atoms with Crippen LogP contribution in [0, 0.1) is 11.8 Å². The number of methoxy groups -OCH3 is 1. The van der Waals surface area contributed by atoms with Gasteiger partial charge in [0, 0.05) is 58.0 Å². The van der Waals surface area contributed by atoms with E-state index in [2.05, 4.69) is 87.8 Å².